The monoisotopic (exact) mass is 210 g/mol. The van der Waals surface area contributed by atoms with Crippen molar-refractivity contribution in [1.82, 2.24) is 4.90 Å². The molecule has 1 saturated heterocycles. The van der Waals surface area contributed by atoms with Crippen LogP contribution in [0.25, 0.3) is 0 Å². The standard InChI is InChI=1S/C12H20NO2/c1-9-6-7-13(10(2)8-9)11(14)15-12(3,4)5/h10H,1-2,6-8H2,3-5H3/t10-/m1/s1. The molecule has 1 rings (SSSR count). The van der Waals surface area contributed by atoms with Gasteiger partial charge in [-0.15, -0.1) is 0 Å². The molecule has 0 aromatic rings. The summed E-state index contributed by atoms with van der Waals surface area (Å²) in [6.45, 7) is 14.1. The summed E-state index contributed by atoms with van der Waals surface area (Å²) in [4.78, 5) is 13.4. The molecule has 1 atom stereocenters. The summed E-state index contributed by atoms with van der Waals surface area (Å²) >= 11 is 0. The van der Waals surface area contributed by atoms with Crippen LogP contribution in [0.5, 0.6) is 0 Å². The van der Waals surface area contributed by atoms with E-state index in [0.29, 0.717) is 6.54 Å². The number of hydrogen-bond donors (Lipinski definition) is 0. The Balaban J connectivity index is 2.56. The van der Waals surface area contributed by atoms with Crippen molar-refractivity contribution in [2.24, 2.45) is 0 Å². The molecule has 1 fully saturated rings. The highest BCUT2D eigenvalue weighted by Gasteiger charge is 2.28. The first-order valence-electron chi connectivity index (χ1n) is 5.29. The lowest BCUT2D eigenvalue weighted by molar-refractivity contribution is 0.0175. The Bertz CT molecular complexity index is 265. The van der Waals surface area contributed by atoms with E-state index in [0.717, 1.165) is 18.4 Å². The van der Waals surface area contributed by atoms with E-state index in [9.17, 15) is 4.79 Å². The fourth-order valence-electron chi connectivity index (χ4n) is 1.57. The first-order valence-corrected chi connectivity index (χ1v) is 5.29. The van der Waals surface area contributed by atoms with E-state index < -0.39 is 5.60 Å². The molecule has 0 aromatic carbocycles. The van der Waals surface area contributed by atoms with E-state index in [2.05, 4.69) is 13.5 Å². The van der Waals surface area contributed by atoms with Crippen molar-refractivity contribution in [3.8, 4) is 0 Å². The molecule has 0 N–H and O–H groups in total. The number of carbonyl (C=O) groups excluding carboxylic acids is 1. The molecule has 0 aliphatic carbocycles. The van der Waals surface area contributed by atoms with Crippen molar-refractivity contribution >= 4 is 6.09 Å². The van der Waals surface area contributed by atoms with Gasteiger partial charge in [-0.2, -0.15) is 0 Å². The Hall–Kier alpha value is -0.990. The zero-order valence-corrected chi connectivity index (χ0v) is 9.88. The topological polar surface area (TPSA) is 29.5 Å². The van der Waals surface area contributed by atoms with Crippen molar-refractivity contribution < 1.29 is 9.53 Å². The lowest BCUT2D eigenvalue weighted by Gasteiger charge is -2.35. The second-order valence-electron chi connectivity index (χ2n) is 5.03. The van der Waals surface area contributed by atoms with Gasteiger partial charge in [0.25, 0.3) is 0 Å². The Morgan fingerprint density at radius 1 is 1.53 bits per heavy atom. The van der Waals surface area contributed by atoms with Crippen LogP contribution in [0.1, 0.15) is 33.6 Å². The van der Waals surface area contributed by atoms with E-state index in [1.165, 1.54) is 0 Å². The smallest absolute Gasteiger partial charge is 0.410 e. The highest BCUT2D eigenvalue weighted by molar-refractivity contribution is 5.69. The molecule has 1 aliphatic rings. The van der Waals surface area contributed by atoms with Gasteiger partial charge in [0, 0.05) is 12.6 Å². The van der Waals surface area contributed by atoms with Crippen LogP contribution in [0.15, 0.2) is 12.2 Å². The van der Waals surface area contributed by atoms with Gasteiger partial charge in [0.05, 0.1) is 0 Å². The first kappa shape index (κ1) is 12.1. The van der Waals surface area contributed by atoms with E-state index in [1.807, 2.05) is 20.8 Å². The predicted molar refractivity (Wildman–Crippen MR) is 60.5 cm³/mol. The van der Waals surface area contributed by atoms with Crippen molar-refractivity contribution in [3.63, 3.8) is 0 Å². The molecule has 85 valence electrons. The van der Waals surface area contributed by atoms with Gasteiger partial charge in [0.1, 0.15) is 5.60 Å². The average Bonchev–Trinajstić information content (AvgIpc) is 1.99. The van der Waals surface area contributed by atoms with Crippen LogP contribution in [0.2, 0.25) is 0 Å². The number of piperidine rings is 1. The zero-order valence-electron chi connectivity index (χ0n) is 9.88. The molecule has 0 unspecified atom stereocenters. The van der Waals surface area contributed by atoms with Crippen LogP contribution in [-0.2, 0) is 4.74 Å². The van der Waals surface area contributed by atoms with Crippen molar-refractivity contribution in [2.45, 2.75) is 45.3 Å². The summed E-state index contributed by atoms with van der Waals surface area (Å²) in [6.07, 6.45) is 1.36. The van der Waals surface area contributed by atoms with Crippen molar-refractivity contribution in [1.29, 1.82) is 0 Å². The molecule has 3 nitrogen and oxygen atoms in total. The van der Waals surface area contributed by atoms with Gasteiger partial charge < -0.3 is 9.64 Å². The summed E-state index contributed by atoms with van der Waals surface area (Å²) in [5, 5.41) is 0. The van der Waals surface area contributed by atoms with Gasteiger partial charge >= 0.3 is 6.09 Å². The maximum absolute atomic E-state index is 11.8. The molecule has 1 amide bonds. The van der Waals surface area contributed by atoms with Crippen LogP contribution >= 0.6 is 0 Å². The summed E-state index contributed by atoms with van der Waals surface area (Å²) in [7, 11) is 0. The number of carbonyl (C=O) groups is 1. The minimum absolute atomic E-state index is 0.0406. The van der Waals surface area contributed by atoms with Gasteiger partial charge in [0.15, 0.2) is 0 Å². The first-order chi connectivity index (χ1) is 6.79. The summed E-state index contributed by atoms with van der Waals surface area (Å²) in [5.41, 5.74) is 0.723. The van der Waals surface area contributed by atoms with E-state index in [1.54, 1.807) is 4.90 Å². The number of ether oxygens (including phenoxy) is 1. The summed E-state index contributed by atoms with van der Waals surface area (Å²) in [6, 6.07) is -0.0406. The van der Waals surface area contributed by atoms with E-state index >= 15 is 0 Å². The van der Waals surface area contributed by atoms with Crippen LogP contribution in [0.3, 0.4) is 0 Å². The minimum atomic E-state index is -0.439. The third-order valence-electron chi connectivity index (χ3n) is 2.30. The zero-order chi connectivity index (χ0) is 11.6. The molecule has 0 saturated carbocycles. The maximum atomic E-state index is 11.8. The lowest BCUT2D eigenvalue weighted by Crippen LogP contribution is -2.45. The Labute approximate surface area is 92.1 Å². The van der Waals surface area contributed by atoms with Crippen molar-refractivity contribution in [2.75, 3.05) is 6.54 Å². The van der Waals surface area contributed by atoms with Crippen LogP contribution in [0, 0.1) is 6.92 Å². The van der Waals surface area contributed by atoms with Crippen LogP contribution in [-0.4, -0.2) is 29.2 Å². The number of likely N-dealkylation sites (tertiary alicyclic amines) is 1. The van der Waals surface area contributed by atoms with Crippen LogP contribution in [0.4, 0.5) is 4.79 Å². The Morgan fingerprint density at radius 3 is 2.60 bits per heavy atom. The third-order valence-corrected chi connectivity index (χ3v) is 2.30. The fourth-order valence-corrected chi connectivity index (χ4v) is 1.57. The fraction of sp³-hybridized carbons (Fsp3) is 0.667. The molecule has 1 aliphatic heterocycles. The number of hydrogen-bond acceptors (Lipinski definition) is 2. The molecule has 1 radical (unpaired) electrons. The normalized spacial score (nSPS) is 22.8. The molecule has 0 aromatic heterocycles. The van der Waals surface area contributed by atoms with E-state index in [-0.39, 0.29) is 12.1 Å². The Kier molecular flexibility index (Phi) is 3.42. The number of amides is 1. The number of rotatable bonds is 0. The Morgan fingerprint density at radius 2 is 2.13 bits per heavy atom. The highest BCUT2D eigenvalue weighted by atomic mass is 16.6. The lowest BCUT2D eigenvalue weighted by atomic mass is 10.00. The number of nitrogens with zero attached hydrogens (tertiary/aromatic N) is 1. The van der Waals surface area contributed by atoms with Gasteiger partial charge in [-0.25, -0.2) is 4.79 Å². The summed E-state index contributed by atoms with van der Waals surface area (Å²) in [5.74, 6) is 0. The molecule has 15 heavy (non-hydrogen) atoms. The molecular formula is C12H20NO2. The quantitative estimate of drug-likeness (QED) is 0.575. The molecule has 3 heteroatoms. The molecular weight excluding hydrogens is 190 g/mol. The largest absolute Gasteiger partial charge is 0.444 e. The van der Waals surface area contributed by atoms with Gasteiger partial charge in [-0.05, 0) is 40.5 Å². The summed E-state index contributed by atoms with van der Waals surface area (Å²) < 4.78 is 5.30. The third kappa shape index (κ3) is 3.57. The van der Waals surface area contributed by atoms with Crippen molar-refractivity contribution in [3.05, 3.63) is 19.1 Å². The van der Waals surface area contributed by atoms with Gasteiger partial charge in [-0.1, -0.05) is 12.2 Å². The van der Waals surface area contributed by atoms with Gasteiger partial charge in [-0.3, -0.25) is 0 Å². The van der Waals surface area contributed by atoms with Crippen LogP contribution < -0.4 is 0 Å². The second-order valence-corrected chi connectivity index (χ2v) is 5.03. The maximum Gasteiger partial charge on any atom is 0.410 e. The SMILES string of the molecule is [CH2][C@@H]1CC(=C)CCN1C(=O)OC(C)(C)C. The molecule has 0 spiro atoms. The minimum Gasteiger partial charge on any atom is -0.444 e. The molecule has 1 heterocycles. The highest BCUT2D eigenvalue weighted by Crippen LogP contribution is 2.22. The second kappa shape index (κ2) is 4.25. The van der Waals surface area contributed by atoms with E-state index in [4.69, 9.17) is 4.74 Å². The van der Waals surface area contributed by atoms with Gasteiger partial charge in [0.2, 0.25) is 0 Å². The predicted octanol–water partition coefficient (Wildman–Crippen LogP) is 2.78. The molecule has 0 bridgehead atoms. The average molecular weight is 210 g/mol.